The number of cyclic esters (lactones) is 1. The van der Waals surface area contributed by atoms with Gasteiger partial charge in [0, 0.05) is 6.42 Å². The highest BCUT2D eigenvalue weighted by atomic mass is 16.5. The molecular weight excluding hydrogens is 224 g/mol. The molecule has 1 aliphatic heterocycles. The summed E-state index contributed by atoms with van der Waals surface area (Å²) in [5.74, 6) is -0.214. The fourth-order valence-electron chi connectivity index (χ4n) is 2.35. The van der Waals surface area contributed by atoms with E-state index in [4.69, 9.17) is 4.74 Å². The van der Waals surface area contributed by atoms with Gasteiger partial charge in [-0.15, -0.1) is 0 Å². The van der Waals surface area contributed by atoms with Gasteiger partial charge in [-0.2, -0.15) is 0 Å². The summed E-state index contributed by atoms with van der Waals surface area (Å²) in [4.78, 5) is 12.0. The Kier molecular flexibility index (Phi) is 2.63. The molecular formula is C16H14O2. The van der Waals surface area contributed by atoms with Gasteiger partial charge in [0.05, 0.1) is 5.56 Å². The number of rotatable bonds is 1. The lowest BCUT2D eigenvalue weighted by Gasteiger charge is -2.25. The molecule has 0 saturated heterocycles. The number of benzene rings is 2. The highest BCUT2D eigenvalue weighted by molar-refractivity contribution is 5.92. The Morgan fingerprint density at radius 2 is 1.89 bits per heavy atom. The molecule has 0 N–H and O–H groups in total. The number of hydrogen-bond acceptors (Lipinski definition) is 2. The predicted molar refractivity (Wildman–Crippen MR) is 69.5 cm³/mol. The number of carbonyl (C=O) groups is 1. The van der Waals surface area contributed by atoms with Crippen LogP contribution in [0, 0.1) is 6.92 Å². The molecule has 0 fully saturated rings. The fourth-order valence-corrected chi connectivity index (χ4v) is 2.35. The van der Waals surface area contributed by atoms with Gasteiger partial charge in [-0.05, 0) is 24.1 Å². The molecule has 0 aromatic heterocycles. The summed E-state index contributed by atoms with van der Waals surface area (Å²) in [5, 5.41) is 0. The van der Waals surface area contributed by atoms with Crippen LogP contribution in [-0.2, 0) is 11.2 Å². The van der Waals surface area contributed by atoms with Crippen LogP contribution < -0.4 is 0 Å². The van der Waals surface area contributed by atoms with Gasteiger partial charge in [0.1, 0.15) is 6.10 Å². The van der Waals surface area contributed by atoms with Crippen molar-refractivity contribution in [2.75, 3.05) is 0 Å². The van der Waals surface area contributed by atoms with Gasteiger partial charge in [0.25, 0.3) is 0 Å². The lowest BCUT2D eigenvalue weighted by molar-refractivity contribution is 0.0252. The van der Waals surface area contributed by atoms with Crippen molar-refractivity contribution < 1.29 is 9.53 Å². The number of hydrogen-bond donors (Lipinski definition) is 0. The topological polar surface area (TPSA) is 26.3 Å². The van der Waals surface area contributed by atoms with Crippen LogP contribution in [0.25, 0.3) is 0 Å². The first-order valence-electron chi connectivity index (χ1n) is 6.09. The summed E-state index contributed by atoms with van der Waals surface area (Å²) >= 11 is 0. The highest BCUT2D eigenvalue weighted by Crippen LogP contribution is 2.30. The number of fused-ring (bicyclic) bond motifs is 1. The second-order valence-corrected chi connectivity index (χ2v) is 4.67. The standard InChI is InChI=1S/C16H14O2/c1-11-7-8-13-10-15(12-5-3-2-4-6-12)18-16(17)14(13)9-11/h2-9,15H,10H2,1H3. The van der Waals surface area contributed by atoms with Crippen LogP contribution in [0.5, 0.6) is 0 Å². The Labute approximate surface area is 106 Å². The van der Waals surface area contributed by atoms with Gasteiger partial charge in [-0.1, -0.05) is 48.0 Å². The molecule has 1 heterocycles. The van der Waals surface area contributed by atoms with Crippen LogP contribution in [-0.4, -0.2) is 5.97 Å². The van der Waals surface area contributed by atoms with Crippen molar-refractivity contribution in [1.29, 1.82) is 0 Å². The number of ether oxygens (including phenoxy) is 1. The van der Waals surface area contributed by atoms with Gasteiger partial charge >= 0.3 is 5.97 Å². The molecule has 2 aromatic rings. The maximum atomic E-state index is 12.0. The predicted octanol–water partition coefficient (Wildman–Crippen LogP) is 3.45. The first kappa shape index (κ1) is 11.0. The minimum atomic E-state index is -0.214. The molecule has 0 saturated carbocycles. The van der Waals surface area contributed by atoms with E-state index in [-0.39, 0.29) is 12.1 Å². The summed E-state index contributed by atoms with van der Waals surface area (Å²) in [7, 11) is 0. The van der Waals surface area contributed by atoms with E-state index in [0.717, 1.165) is 23.1 Å². The van der Waals surface area contributed by atoms with Gasteiger partial charge in [-0.25, -0.2) is 4.79 Å². The van der Waals surface area contributed by atoms with E-state index >= 15 is 0 Å². The molecule has 18 heavy (non-hydrogen) atoms. The second-order valence-electron chi connectivity index (χ2n) is 4.67. The molecule has 0 aliphatic carbocycles. The molecule has 0 spiro atoms. The van der Waals surface area contributed by atoms with Crippen LogP contribution in [0.15, 0.2) is 48.5 Å². The zero-order chi connectivity index (χ0) is 12.5. The SMILES string of the molecule is Cc1ccc2c(c1)C(=O)OC(c1ccccc1)C2. The molecule has 1 atom stereocenters. The molecule has 2 aromatic carbocycles. The first-order chi connectivity index (χ1) is 8.74. The third-order valence-electron chi connectivity index (χ3n) is 3.31. The van der Waals surface area contributed by atoms with Gasteiger partial charge in [0.15, 0.2) is 0 Å². The molecule has 0 amide bonds. The molecule has 0 bridgehead atoms. The quantitative estimate of drug-likeness (QED) is 0.711. The first-order valence-corrected chi connectivity index (χ1v) is 6.09. The Morgan fingerprint density at radius 1 is 1.11 bits per heavy atom. The average Bonchev–Trinajstić information content (AvgIpc) is 2.40. The van der Waals surface area contributed by atoms with E-state index in [1.807, 2.05) is 55.5 Å². The van der Waals surface area contributed by atoms with Crippen LogP contribution in [0.1, 0.15) is 33.2 Å². The monoisotopic (exact) mass is 238 g/mol. The Balaban J connectivity index is 1.97. The Morgan fingerprint density at radius 3 is 2.67 bits per heavy atom. The second kappa shape index (κ2) is 4.30. The van der Waals surface area contributed by atoms with Crippen LogP contribution >= 0.6 is 0 Å². The largest absolute Gasteiger partial charge is 0.454 e. The summed E-state index contributed by atoms with van der Waals surface area (Å²) in [6.45, 7) is 1.98. The smallest absolute Gasteiger partial charge is 0.339 e. The summed E-state index contributed by atoms with van der Waals surface area (Å²) in [5.41, 5.74) is 3.92. The zero-order valence-electron chi connectivity index (χ0n) is 10.2. The van der Waals surface area contributed by atoms with E-state index in [0.29, 0.717) is 5.56 Å². The van der Waals surface area contributed by atoms with Crippen molar-refractivity contribution in [2.24, 2.45) is 0 Å². The molecule has 90 valence electrons. The van der Waals surface area contributed by atoms with Crippen LogP contribution in [0.4, 0.5) is 0 Å². The van der Waals surface area contributed by atoms with E-state index in [1.165, 1.54) is 0 Å². The van der Waals surface area contributed by atoms with E-state index in [1.54, 1.807) is 0 Å². The summed E-state index contributed by atoms with van der Waals surface area (Å²) in [6.07, 6.45) is 0.597. The van der Waals surface area contributed by atoms with Crippen LogP contribution in [0.3, 0.4) is 0 Å². The van der Waals surface area contributed by atoms with Crippen molar-refractivity contribution in [3.8, 4) is 0 Å². The third-order valence-corrected chi connectivity index (χ3v) is 3.31. The Bertz CT molecular complexity index is 587. The van der Waals surface area contributed by atoms with Crippen molar-refractivity contribution in [2.45, 2.75) is 19.4 Å². The highest BCUT2D eigenvalue weighted by Gasteiger charge is 2.27. The van der Waals surface area contributed by atoms with Crippen molar-refractivity contribution in [3.63, 3.8) is 0 Å². The third kappa shape index (κ3) is 1.90. The fraction of sp³-hybridized carbons (Fsp3) is 0.188. The summed E-state index contributed by atoms with van der Waals surface area (Å²) < 4.78 is 5.51. The molecule has 1 aliphatic rings. The normalized spacial score (nSPS) is 18.1. The average molecular weight is 238 g/mol. The Hall–Kier alpha value is -2.09. The summed E-state index contributed by atoms with van der Waals surface area (Å²) in [6, 6.07) is 15.9. The van der Waals surface area contributed by atoms with Crippen molar-refractivity contribution >= 4 is 5.97 Å². The number of esters is 1. The van der Waals surface area contributed by atoms with Gasteiger partial charge in [0.2, 0.25) is 0 Å². The van der Waals surface area contributed by atoms with Gasteiger partial charge < -0.3 is 4.74 Å². The van der Waals surface area contributed by atoms with Crippen molar-refractivity contribution in [1.82, 2.24) is 0 Å². The molecule has 0 radical (unpaired) electrons. The van der Waals surface area contributed by atoms with E-state index in [2.05, 4.69) is 0 Å². The van der Waals surface area contributed by atoms with Crippen molar-refractivity contribution in [3.05, 3.63) is 70.8 Å². The molecule has 2 heteroatoms. The van der Waals surface area contributed by atoms with E-state index in [9.17, 15) is 4.79 Å². The maximum absolute atomic E-state index is 12.0. The maximum Gasteiger partial charge on any atom is 0.339 e. The minimum absolute atomic E-state index is 0.158. The van der Waals surface area contributed by atoms with Gasteiger partial charge in [-0.3, -0.25) is 0 Å². The lowest BCUT2D eigenvalue weighted by atomic mass is 9.93. The number of carbonyl (C=O) groups excluding carboxylic acids is 1. The van der Waals surface area contributed by atoms with Crippen LogP contribution in [0.2, 0.25) is 0 Å². The van der Waals surface area contributed by atoms with E-state index < -0.39 is 0 Å². The molecule has 3 rings (SSSR count). The number of aryl methyl sites for hydroxylation is 1. The molecule has 2 nitrogen and oxygen atoms in total. The molecule has 1 unspecified atom stereocenters. The lowest BCUT2D eigenvalue weighted by Crippen LogP contribution is -2.21. The zero-order valence-corrected chi connectivity index (χ0v) is 10.2. The minimum Gasteiger partial charge on any atom is -0.454 e.